The second-order valence-electron chi connectivity index (χ2n) is 4.95. The van der Waals surface area contributed by atoms with Crippen LogP contribution < -0.4 is 0 Å². The second kappa shape index (κ2) is 7.61. The van der Waals surface area contributed by atoms with Crippen LogP contribution in [0.3, 0.4) is 0 Å². The number of hydrogen-bond acceptors (Lipinski definition) is 4. The van der Waals surface area contributed by atoms with Gasteiger partial charge in [-0.15, -0.1) is 0 Å². The first kappa shape index (κ1) is 18.2. The lowest BCUT2D eigenvalue weighted by atomic mass is 10.1. The molecule has 0 amide bonds. The Labute approximate surface area is 140 Å². The zero-order chi connectivity index (χ0) is 18.4. The van der Waals surface area contributed by atoms with E-state index in [1.54, 1.807) is 6.07 Å². The van der Waals surface area contributed by atoms with Gasteiger partial charge in [-0.1, -0.05) is 24.3 Å². The molecule has 0 atom stereocenters. The summed E-state index contributed by atoms with van der Waals surface area (Å²) in [5, 5.41) is 10.8. The topological polar surface area (TPSA) is 69.4 Å². The van der Waals surface area contributed by atoms with Gasteiger partial charge in [0.2, 0.25) is 0 Å². The van der Waals surface area contributed by atoms with Gasteiger partial charge in [0, 0.05) is 12.1 Å². The fourth-order valence-electron chi connectivity index (χ4n) is 1.96. The number of nitro benzene ring substituents is 1. The van der Waals surface area contributed by atoms with E-state index >= 15 is 0 Å². The molecule has 0 aliphatic rings. The van der Waals surface area contributed by atoms with Crippen LogP contribution in [0, 0.1) is 10.1 Å². The predicted molar refractivity (Wildman–Crippen MR) is 83.4 cm³/mol. The first-order chi connectivity index (χ1) is 11.8. The highest BCUT2D eigenvalue weighted by molar-refractivity contribution is 5.87. The molecule has 5 nitrogen and oxygen atoms in total. The number of nitro groups is 1. The molecule has 25 heavy (non-hydrogen) atoms. The van der Waals surface area contributed by atoms with Crippen LogP contribution in [0.25, 0.3) is 6.08 Å². The fourth-order valence-corrected chi connectivity index (χ4v) is 1.96. The van der Waals surface area contributed by atoms with Crippen molar-refractivity contribution >= 4 is 17.7 Å². The van der Waals surface area contributed by atoms with Gasteiger partial charge in [0.1, 0.15) is 6.61 Å². The Morgan fingerprint density at radius 3 is 2.36 bits per heavy atom. The molecule has 0 unspecified atom stereocenters. The van der Waals surface area contributed by atoms with E-state index in [1.807, 2.05) is 0 Å². The Balaban J connectivity index is 1.96. The maximum Gasteiger partial charge on any atom is 0.416 e. The van der Waals surface area contributed by atoms with Gasteiger partial charge in [0.05, 0.1) is 16.1 Å². The van der Waals surface area contributed by atoms with E-state index in [2.05, 4.69) is 0 Å². The fraction of sp³-hybridized carbons (Fsp3) is 0.118. The van der Waals surface area contributed by atoms with Crippen LogP contribution in [0.4, 0.5) is 18.9 Å². The molecule has 0 radical (unpaired) electrons. The van der Waals surface area contributed by atoms with Crippen LogP contribution in [-0.2, 0) is 22.3 Å². The highest BCUT2D eigenvalue weighted by atomic mass is 19.4. The molecule has 0 aromatic heterocycles. The van der Waals surface area contributed by atoms with Crippen molar-refractivity contribution in [1.29, 1.82) is 0 Å². The predicted octanol–water partition coefficient (Wildman–Crippen LogP) is 4.37. The maximum atomic E-state index is 12.4. The summed E-state index contributed by atoms with van der Waals surface area (Å²) in [5.74, 6) is -0.766. The van der Waals surface area contributed by atoms with E-state index in [9.17, 15) is 28.1 Å². The smallest absolute Gasteiger partial charge is 0.416 e. The number of ether oxygens (including phenoxy) is 1. The number of hydrogen-bond donors (Lipinski definition) is 0. The quantitative estimate of drug-likeness (QED) is 0.347. The summed E-state index contributed by atoms with van der Waals surface area (Å²) in [6.07, 6.45) is -2.09. The Morgan fingerprint density at radius 1 is 1.12 bits per heavy atom. The summed E-state index contributed by atoms with van der Waals surface area (Å²) >= 11 is 0. The second-order valence-corrected chi connectivity index (χ2v) is 4.95. The van der Waals surface area contributed by atoms with Crippen molar-refractivity contribution in [3.63, 3.8) is 0 Å². The molecule has 2 aromatic rings. The van der Waals surface area contributed by atoms with Crippen LogP contribution in [0.1, 0.15) is 16.7 Å². The highest BCUT2D eigenvalue weighted by Crippen LogP contribution is 2.29. The molecule has 0 saturated heterocycles. The average Bonchev–Trinajstić information content (AvgIpc) is 2.58. The minimum absolute atomic E-state index is 0.165. The average molecular weight is 351 g/mol. The summed E-state index contributed by atoms with van der Waals surface area (Å²) in [7, 11) is 0. The number of halogens is 3. The van der Waals surface area contributed by atoms with Crippen molar-refractivity contribution in [3.8, 4) is 0 Å². The Bertz CT molecular complexity index is 798. The van der Waals surface area contributed by atoms with Gasteiger partial charge < -0.3 is 4.74 Å². The molecule has 0 N–H and O–H groups in total. The molecule has 2 rings (SSSR count). The summed E-state index contributed by atoms with van der Waals surface area (Å²) in [4.78, 5) is 21.9. The molecule has 130 valence electrons. The summed E-state index contributed by atoms with van der Waals surface area (Å²) < 4.78 is 42.2. The largest absolute Gasteiger partial charge is 0.457 e. The van der Waals surface area contributed by atoms with Crippen molar-refractivity contribution in [2.45, 2.75) is 12.8 Å². The summed E-state index contributed by atoms with van der Waals surface area (Å²) in [6, 6.07) is 10.1. The number of rotatable bonds is 5. The zero-order valence-electron chi connectivity index (χ0n) is 12.7. The molecule has 0 bridgehead atoms. The number of esters is 1. The normalized spacial score (nSPS) is 11.5. The molecule has 0 aliphatic heterocycles. The van der Waals surface area contributed by atoms with Gasteiger partial charge in [0.15, 0.2) is 0 Å². The first-order valence-electron chi connectivity index (χ1n) is 7.02. The van der Waals surface area contributed by atoms with Crippen LogP contribution in [0.5, 0.6) is 0 Å². The van der Waals surface area contributed by atoms with E-state index in [0.29, 0.717) is 5.56 Å². The van der Waals surface area contributed by atoms with Gasteiger partial charge >= 0.3 is 12.1 Å². The van der Waals surface area contributed by atoms with Crippen molar-refractivity contribution in [1.82, 2.24) is 0 Å². The van der Waals surface area contributed by atoms with E-state index in [4.69, 9.17) is 4.74 Å². The Hall–Kier alpha value is -3.16. The van der Waals surface area contributed by atoms with Crippen molar-refractivity contribution < 1.29 is 27.6 Å². The standard InChI is InChI=1S/C17H12F3NO4/c18-17(19,20)14-8-5-12(6-9-14)7-10-16(22)25-11-13-3-1-2-4-15(13)21(23)24/h1-10H,11H2/b10-7+. The summed E-state index contributed by atoms with van der Waals surface area (Å²) in [6.45, 7) is -0.284. The van der Waals surface area contributed by atoms with Gasteiger partial charge in [-0.2, -0.15) is 13.2 Å². The van der Waals surface area contributed by atoms with Crippen LogP contribution >= 0.6 is 0 Å². The summed E-state index contributed by atoms with van der Waals surface area (Å²) in [5.41, 5.74) is -0.329. The number of alkyl halides is 3. The van der Waals surface area contributed by atoms with Crippen LogP contribution in [0.2, 0.25) is 0 Å². The van der Waals surface area contributed by atoms with Gasteiger partial charge in [0.25, 0.3) is 5.69 Å². The molecular formula is C17H12F3NO4. The maximum absolute atomic E-state index is 12.4. The van der Waals surface area contributed by atoms with E-state index < -0.39 is 22.6 Å². The van der Waals surface area contributed by atoms with Crippen LogP contribution in [0.15, 0.2) is 54.6 Å². The van der Waals surface area contributed by atoms with E-state index in [0.717, 1.165) is 18.2 Å². The molecule has 0 spiro atoms. The number of carbonyl (C=O) groups excluding carboxylic acids is 1. The molecule has 0 fully saturated rings. The van der Waals surface area contributed by atoms with Crippen LogP contribution in [-0.4, -0.2) is 10.9 Å². The highest BCUT2D eigenvalue weighted by Gasteiger charge is 2.29. The third-order valence-corrected chi connectivity index (χ3v) is 3.21. The zero-order valence-corrected chi connectivity index (χ0v) is 12.7. The minimum Gasteiger partial charge on any atom is -0.457 e. The molecule has 0 heterocycles. The first-order valence-corrected chi connectivity index (χ1v) is 7.02. The third kappa shape index (κ3) is 5.17. The monoisotopic (exact) mass is 351 g/mol. The number of benzene rings is 2. The van der Waals surface area contributed by atoms with Gasteiger partial charge in [-0.25, -0.2) is 4.79 Å². The van der Waals surface area contributed by atoms with E-state index in [-0.39, 0.29) is 17.9 Å². The number of para-hydroxylation sites is 1. The Kier molecular flexibility index (Phi) is 5.53. The SMILES string of the molecule is O=C(/C=C/c1ccc(C(F)(F)F)cc1)OCc1ccccc1[N+](=O)[O-]. The lowest BCUT2D eigenvalue weighted by molar-refractivity contribution is -0.385. The molecule has 2 aromatic carbocycles. The lowest BCUT2D eigenvalue weighted by Crippen LogP contribution is -2.04. The molecule has 0 aliphatic carbocycles. The van der Waals surface area contributed by atoms with Crippen molar-refractivity contribution in [2.75, 3.05) is 0 Å². The minimum atomic E-state index is -4.43. The number of nitrogens with zero attached hydrogens (tertiary/aromatic N) is 1. The van der Waals surface area contributed by atoms with Gasteiger partial charge in [-0.3, -0.25) is 10.1 Å². The lowest BCUT2D eigenvalue weighted by Gasteiger charge is -2.06. The molecule has 8 heteroatoms. The van der Waals surface area contributed by atoms with Crippen molar-refractivity contribution in [2.24, 2.45) is 0 Å². The van der Waals surface area contributed by atoms with Gasteiger partial charge in [-0.05, 0) is 29.8 Å². The molecule has 0 saturated carbocycles. The van der Waals surface area contributed by atoms with Crippen molar-refractivity contribution in [3.05, 3.63) is 81.4 Å². The van der Waals surface area contributed by atoms with E-state index in [1.165, 1.54) is 36.4 Å². The Morgan fingerprint density at radius 2 is 1.76 bits per heavy atom. The number of carbonyl (C=O) groups is 1. The third-order valence-electron chi connectivity index (χ3n) is 3.21. The molecular weight excluding hydrogens is 339 g/mol.